The molecule has 4 heteroatoms. The number of nitrogens with one attached hydrogen (secondary N) is 1. The van der Waals surface area contributed by atoms with Crippen LogP contribution in [0.3, 0.4) is 0 Å². The van der Waals surface area contributed by atoms with E-state index < -0.39 is 17.7 Å². The highest BCUT2D eigenvalue weighted by Gasteiger charge is 2.16. The molecule has 0 radical (unpaired) electrons. The van der Waals surface area contributed by atoms with Crippen molar-refractivity contribution in [2.24, 2.45) is 0 Å². The molecule has 1 N–H and O–H groups in total. The Bertz CT molecular complexity index is 578. The number of benzene rings is 2. The van der Waals surface area contributed by atoms with Crippen LogP contribution >= 0.6 is 15.9 Å². The summed E-state index contributed by atoms with van der Waals surface area (Å²) >= 11 is 3.42. The minimum Gasteiger partial charge on any atom is -0.377 e. The first kappa shape index (κ1) is 14.0. The largest absolute Gasteiger partial charge is 0.377 e. The zero-order valence-corrected chi connectivity index (χ0v) is 12.3. The van der Waals surface area contributed by atoms with Gasteiger partial charge in [0.2, 0.25) is 0 Å². The molecule has 1 unspecified atom stereocenters. The van der Waals surface area contributed by atoms with Crippen LogP contribution in [0.2, 0.25) is 0 Å². The molecule has 0 aliphatic heterocycles. The van der Waals surface area contributed by atoms with E-state index in [4.69, 9.17) is 0 Å². The van der Waals surface area contributed by atoms with Gasteiger partial charge in [-0.15, -0.1) is 0 Å². The Morgan fingerprint density at radius 2 is 1.74 bits per heavy atom. The lowest BCUT2D eigenvalue weighted by atomic mass is 10.1. The predicted molar refractivity (Wildman–Crippen MR) is 77.3 cm³/mol. The highest BCUT2D eigenvalue weighted by Crippen LogP contribution is 2.29. The van der Waals surface area contributed by atoms with Gasteiger partial charge in [-0.2, -0.15) is 0 Å². The van der Waals surface area contributed by atoms with Crippen LogP contribution in [0.4, 0.5) is 14.5 Å². The van der Waals surface area contributed by atoms with Gasteiger partial charge in [-0.05, 0) is 59.6 Å². The molecule has 2 aromatic rings. The molecule has 100 valence electrons. The van der Waals surface area contributed by atoms with Crippen LogP contribution in [-0.2, 0) is 0 Å². The molecule has 0 saturated heterocycles. The van der Waals surface area contributed by atoms with E-state index in [2.05, 4.69) is 21.2 Å². The van der Waals surface area contributed by atoms with Crippen LogP contribution in [0, 0.1) is 18.6 Å². The third-order valence-electron chi connectivity index (χ3n) is 2.93. The average molecular weight is 326 g/mol. The smallest absolute Gasteiger partial charge is 0.131 e. The Hall–Kier alpha value is -1.42. The molecule has 0 spiro atoms. The summed E-state index contributed by atoms with van der Waals surface area (Å²) in [5, 5.41) is 3.12. The van der Waals surface area contributed by atoms with Gasteiger partial charge in [0, 0.05) is 15.7 Å². The first-order valence-electron chi connectivity index (χ1n) is 5.95. The predicted octanol–water partition coefficient (Wildman–Crippen LogP) is 5.21. The van der Waals surface area contributed by atoms with E-state index in [9.17, 15) is 8.78 Å². The minimum atomic E-state index is -0.538. The Morgan fingerprint density at radius 3 is 2.37 bits per heavy atom. The number of aryl methyl sites for hydroxylation is 1. The van der Waals surface area contributed by atoms with Crippen molar-refractivity contribution in [2.45, 2.75) is 19.9 Å². The van der Waals surface area contributed by atoms with Crippen molar-refractivity contribution in [1.29, 1.82) is 0 Å². The van der Waals surface area contributed by atoms with Crippen LogP contribution in [-0.4, -0.2) is 0 Å². The second-order valence-corrected chi connectivity index (χ2v) is 5.34. The van der Waals surface area contributed by atoms with Crippen LogP contribution in [0.15, 0.2) is 40.9 Å². The number of hydrogen-bond acceptors (Lipinski definition) is 1. The van der Waals surface area contributed by atoms with Crippen molar-refractivity contribution in [3.8, 4) is 0 Å². The summed E-state index contributed by atoms with van der Waals surface area (Å²) < 4.78 is 28.2. The van der Waals surface area contributed by atoms with Gasteiger partial charge < -0.3 is 5.32 Å². The molecule has 2 rings (SSSR count). The van der Waals surface area contributed by atoms with Gasteiger partial charge in [0.25, 0.3) is 0 Å². The van der Waals surface area contributed by atoms with E-state index >= 15 is 0 Å². The van der Waals surface area contributed by atoms with Crippen molar-refractivity contribution in [2.75, 3.05) is 5.32 Å². The van der Waals surface area contributed by atoms with E-state index in [0.29, 0.717) is 0 Å². The highest BCUT2D eigenvalue weighted by atomic mass is 79.9. The number of rotatable bonds is 3. The molecule has 2 aromatic carbocycles. The molecule has 0 amide bonds. The van der Waals surface area contributed by atoms with Crippen LogP contribution in [0.5, 0.6) is 0 Å². The molecule has 1 nitrogen and oxygen atoms in total. The molecule has 1 atom stereocenters. The fourth-order valence-electron chi connectivity index (χ4n) is 1.98. The quantitative estimate of drug-likeness (QED) is 0.816. The van der Waals surface area contributed by atoms with Crippen molar-refractivity contribution >= 4 is 21.6 Å². The van der Waals surface area contributed by atoms with Gasteiger partial charge in [-0.25, -0.2) is 8.78 Å². The summed E-state index contributed by atoms with van der Waals surface area (Å²) in [6.07, 6.45) is 0. The molecule has 0 bridgehead atoms. The lowest BCUT2D eigenvalue weighted by Gasteiger charge is -2.18. The number of anilines is 1. The Labute approximate surface area is 119 Å². The molecule has 19 heavy (non-hydrogen) atoms. The van der Waals surface area contributed by atoms with E-state index in [-0.39, 0.29) is 5.56 Å². The SMILES string of the molecule is Cc1ccc(Br)c(NC(C)c2c(F)cccc2F)c1. The highest BCUT2D eigenvalue weighted by molar-refractivity contribution is 9.10. The molecule has 0 fully saturated rings. The van der Waals surface area contributed by atoms with Gasteiger partial charge in [-0.1, -0.05) is 12.1 Å². The molecule has 0 heterocycles. The molecular weight excluding hydrogens is 312 g/mol. The monoisotopic (exact) mass is 325 g/mol. The maximum atomic E-state index is 13.7. The second kappa shape index (κ2) is 5.70. The topological polar surface area (TPSA) is 12.0 Å². The summed E-state index contributed by atoms with van der Waals surface area (Å²) in [7, 11) is 0. The lowest BCUT2D eigenvalue weighted by molar-refractivity contribution is 0.544. The third kappa shape index (κ3) is 3.13. The molecule has 0 aliphatic rings. The van der Waals surface area contributed by atoms with Crippen LogP contribution in [0.1, 0.15) is 24.1 Å². The van der Waals surface area contributed by atoms with Crippen molar-refractivity contribution in [1.82, 2.24) is 0 Å². The van der Waals surface area contributed by atoms with Gasteiger partial charge in [0.05, 0.1) is 6.04 Å². The molecule has 0 aliphatic carbocycles. The van der Waals surface area contributed by atoms with Gasteiger partial charge in [0.1, 0.15) is 11.6 Å². The van der Waals surface area contributed by atoms with Crippen molar-refractivity contribution < 1.29 is 8.78 Å². The molecule has 0 aromatic heterocycles. The van der Waals surface area contributed by atoms with E-state index in [0.717, 1.165) is 15.7 Å². The first-order valence-corrected chi connectivity index (χ1v) is 6.75. The second-order valence-electron chi connectivity index (χ2n) is 4.48. The van der Waals surface area contributed by atoms with Crippen molar-refractivity contribution in [3.63, 3.8) is 0 Å². The summed E-state index contributed by atoms with van der Waals surface area (Å²) in [5.74, 6) is -1.08. The van der Waals surface area contributed by atoms with Crippen LogP contribution in [0.25, 0.3) is 0 Å². The fraction of sp³-hybridized carbons (Fsp3) is 0.200. The summed E-state index contributed by atoms with van der Waals surface area (Å²) in [6, 6.07) is 9.23. The summed E-state index contributed by atoms with van der Waals surface area (Å²) in [5.41, 5.74) is 1.94. The average Bonchev–Trinajstić information content (AvgIpc) is 2.33. The van der Waals surface area contributed by atoms with Gasteiger partial charge >= 0.3 is 0 Å². The molecule has 0 saturated carbocycles. The van der Waals surface area contributed by atoms with Crippen molar-refractivity contribution in [3.05, 3.63) is 63.6 Å². The van der Waals surface area contributed by atoms with E-state index in [1.54, 1.807) is 6.92 Å². The molecular formula is C15H14BrF2N. The number of halogens is 3. The first-order chi connectivity index (χ1) is 8.99. The van der Waals surface area contributed by atoms with Gasteiger partial charge in [-0.3, -0.25) is 0 Å². The maximum absolute atomic E-state index is 13.7. The fourth-order valence-corrected chi connectivity index (χ4v) is 2.34. The maximum Gasteiger partial charge on any atom is 0.131 e. The van der Waals surface area contributed by atoms with E-state index in [1.165, 1.54) is 18.2 Å². The minimum absolute atomic E-state index is 0.0518. The summed E-state index contributed by atoms with van der Waals surface area (Å²) in [6.45, 7) is 3.70. The summed E-state index contributed by atoms with van der Waals surface area (Å²) in [4.78, 5) is 0. The lowest BCUT2D eigenvalue weighted by Crippen LogP contribution is -2.11. The Balaban J connectivity index is 2.31. The van der Waals surface area contributed by atoms with Crippen LogP contribution < -0.4 is 5.32 Å². The zero-order chi connectivity index (χ0) is 14.0. The normalized spacial score (nSPS) is 12.3. The van der Waals surface area contributed by atoms with E-state index in [1.807, 2.05) is 25.1 Å². The standard InChI is InChI=1S/C15H14BrF2N/c1-9-6-7-11(16)14(8-9)19-10(2)15-12(17)4-3-5-13(15)18/h3-8,10,19H,1-2H3. The van der Waals surface area contributed by atoms with Gasteiger partial charge in [0.15, 0.2) is 0 Å². The Morgan fingerprint density at radius 1 is 1.11 bits per heavy atom. The third-order valence-corrected chi connectivity index (χ3v) is 3.62. The Kier molecular flexibility index (Phi) is 4.20. The zero-order valence-electron chi connectivity index (χ0n) is 10.7. The number of hydrogen-bond donors (Lipinski definition) is 1.